The van der Waals surface area contributed by atoms with Gasteiger partial charge in [0.1, 0.15) is 0 Å². The fraction of sp³-hybridized carbons (Fsp3) is 0.364. The van der Waals surface area contributed by atoms with Gasteiger partial charge in [-0.05, 0) is 60.3 Å². The molecular weight excluding hydrogens is 379 g/mol. The molecule has 1 fully saturated rings. The van der Waals surface area contributed by atoms with Gasteiger partial charge in [-0.3, -0.25) is 9.69 Å². The molecule has 7 heteroatoms. The fourth-order valence-corrected chi connectivity index (χ4v) is 3.90. The Morgan fingerprint density at radius 3 is 2.41 bits per heavy atom. The van der Waals surface area contributed by atoms with Crippen LogP contribution in [0.4, 0.5) is 13.2 Å². The van der Waals surface area contributed by atoms with Crippen LogP contribution in [0.3, 0.4) is 0 Å². The molecule has 0 atom stereocenters. The maximum atomic E-state index is 12.8. The molecule has 0 aliphatic carbocycles. The number of likely N-dealkylation sites (tertiary alicyclic amines) is 1. The number of halogens is 3. The molecule has 3 aromatic rings. The number of nitrogens with zero attached hydrogens (tertiary/aromatic N) is 3. The van der Waals surface area contributed by atoms with Crippen molar-refractivity contribution in [2.75, 3.05) is 13.1 Å². The minimum Gasteiger partial charge on any atom is -0.299 e. The minimum absolute atomic E-state index is 0.150. The summed E-state index contributed by atoms with van der Waals surface area (Å²) in [5.41, 5.74) is -0.264. The second kappa shape index (κ2) is 7.99. The second-order valence-electron chi connectivity index (χ2n) is 7.64. The van der Waals surface area contributed by atoms with Crippen molar-refractivity contribution in [3.05, 3.63) is 76.2 Å². The molecule has 2 heterocycles. The molecule has 152 valence electrons. The first-order valence-corrected chi connectivity index (χ1v) is 9.74. The molecule has 0 saturated carbocycles. The molecule has 4 nitrogen and oxygen atoms in total. The van der Waals surface area contributed by atoms with E-state index in [4.69, 9.17) is 0 Å². The third-order valence-corrected chi connectivity index (χ3v) is 5.52. The highest BCUT2D eigenvalue weighted by atomic mass is 19.4. The second-order valence-corrected chi connectivity index (χ2v) is 7.64. The summed E-state index contributed by atoms with van der Waals surface area (Å²) in [6.45, 7) is 2.78. The van der Waals surface area contributed by atoms with E-state index in [9.17, 15) is 18.0 Å². The van der Waals surface area contributed by atoms with Gasteiger partial charge in [-0.1, -0.05) is 36.4 Å². The average molecular weight is 401 g/mol. The van der Waals surface area contributed by atoms with Crippen LogP contribution >= 0.6 is 0 Å². The predicted octanol–water partition coefficient (Wildman–Crippen LogP) is 4.33. The van der Waals surface area contributed by atoms with E-state index in [1.54, 1.807) is 0 Å². The van der Waals surface area contributed by atoms with E-state index in [1.165, 1.54) is 16.3 Å². The lowest BCUT2D eigenvalue weighted by molar-refractivity contribution is -0.142. The Hall–Kier alpha value is -2.67. The molecule has 0 bridgehead atoms. The SMILES string of the molecule is O=c1ccc(C(F)(F)F)nn1CC1CCN(Cc2ccc3ccccc3c2)CC1. The lowest BCUT2D eigenvalue weighted by Gasteiger charge is -2.32. The van der Waals surface area contributed by atoms with E-state index >= 15 is 0 Å². The molecule has 0 unspecified atom stereocenters. The van der Waals surface area contributed by atoms with Crippen LogP contribution in [0.2, 0.25) is 0 Å². The number of piperidine rings is 1. The van der Waals surface area contributed by atoms with Gasteiger partial charge in [0.2, 0.25) is 0 Å². The highest BCUT2D eigenvalue weighted by Crippen LogP contribution is 2.27. The Bertz CT molecular complexity index is 1050. The first-order chi connectivity index (χ1) is 13.9. The Morgan fingerprint density at radius 1 is 0.966 bits per heavy atom. The summed E-state index contributed by atoms with van der Waals surface area (Å²) in [5, 5.41) is 5.95. The summed E-state index contributed by atoms with van der Waals surface area (Å²) in [7, 11) is 0. The summed E-state index contributed by atoms with van der Waals surface area (Å²) in [6.07, 6.45) is -2.88. The molecule has 1 aliphatic heterocycles. The zero-order valence-corrected chi connectivity index (χ0v) is 15.9. The maximum absolute atomic E-state index is 12.8. The number of hydrogen-bond donors (Lipinski definition) is 0. The molecule has 29 heavy (non-hydrogen) atoms. The van der Waals surface area contributed by atoms with Crippen LogP contribution in [0.1, 0.15) is 24.1 Å². The molecule has 0 amide bonds. The zero-order chi connectivity index (χ0) is 20.4. The molecule has 2 aromatic carbocycles. The Morgan fingerprint density at radius 2 is 1.69 bits per heavy atom. The summed E-state index contributed by atoms with van der Waals surface area (Å²) in [5.74, 6) is 0.150. The Balaban J connectivity index is 1.36. The Labute approximate surface area is 166 Å². The topological polar surface area (TPSA) is 38.1 Å². The van der Waals surface area contributed by atoms with Crippen molar-refractivity contribution in [3.63, 3.8) is 0 Å². The predicted molar refractivity (Wildman–Crippen MR) is 105 cm³/mol. The van der Waals surface area contributed by atoms with Gasteiger partial charge in [0, 0.05) is 19.2 Å². The van der Waals surface area contributed by atoms with Gasteiger partial charge in [0.05, 0.1) is 0 Å². The maximum Gasteiger partial charge on any atom is 0.435 e. The van der Waals surface area contributed by atoms with E-state index in [1.807, 2.05) is 12.1 Å². The van der Waals surface area contributed by atoms with Crippen LogP contribution in [-0.4, -0.2) is 27.8 Å². The molecule has 1 aromatic heterocycles. The molecule has 0 N–H and O–H groups in total. The zero-order valence-electron chi connectivity index (χ0n) is 15.9. The third-order valence-electron chi connectivity index (χ3n) is 5.52. The van der Waals surface area contributed by atoms with Crippen LogP contribution in [0.15, 0.2) is 59.4 Å². The number of fused-ring (bicyclic) bond motifs is 1. The van der Waals surface area contributed by atoms with Gasteiger partial charge in [-0.15, -0.1) is 0 Å². The number of benzene rings is 2. The quantitative estimate of drug-likeness (QED) is 0.653. The summed E-state index contributed by atoms with van der Waals surface area (Å²) < 4.78 is 39.5. The van der Waals surface area contributed by atoms with Crippen LogP contribution in [0, 0.1) is 5.92 Å². The van der Waals surface area contributed by atoms with E-state index in [2.05, 4.69) is 40.3 Å². The largest absolute Gasteiger partial charge is 0.435 e. The van der Waals surface area contributed by atoms with Crippen molar-refractivity contribution >= 4 is 10.8 Å². The standard InChI is InChI=1S/C22H22F3N3O/c23-22(24,25)20-7-8-21(29)28(26-20)15-16-9-11-27(12-10-16)14-17-5-6-18-3-1-2-4-19(18)13-17/h1-8,13,16H,9-12,14-15H2. The van der Waals surface area contributed by atoms with E-state index in [0.29, 0.717) is 0 Å². The first-order valence-electron chi connectivity index (χ1n) is 9.74. The van der Waals surface area contributed by atoms with Crippen LogP contribution in [0.25, 0.3) is 10.8 Å². The number of hydrogen-bond acceptors (Lipinski definition) is 3. The van der Waals surface area contributed by atoms with Gasteiger partial charge in [0.15, 0.2) is 5.69 Å². The van der Waals surface area contributed by atoms with Crippen LogP contribution < -0.4 is 5.56 Å². The highest BCUT2D eigenvalue weighted by Gasteiger charge is 2.33. The van der Waals surface area contributed by atoms with Gasteiger partial charge < -0.3 is 0 Å². The van der Waals surface area contributed by atoms with Crippen molar-refractivity contribution in [2.24, 2.45) is 5.92 Å². The van der Waals surface area contributed by atoms with Gasteiger partial charge in [-0.2, -0.15) is 18.3 Å². The third kappa shape index (κ3) is 4.67. The van der Waals surface area contributed by atoms with Crippen LogP contribution in [-0.2, 0) is 19.3 Å². The lowest BCUT2D eigenvalue weighted by atomic mass is 9.96. The van der Waals surface area contributed by atoms with Crippen molar-refractivity contribution in [1.29, 1.82) is 0 Å². The van der Waals surface area contributed by atoms with Crippen molar-refractivity contribution in [1.82, 2.24) is 14.7 Å². The molecule has 1 aliphatic rings. The summed E-state index contributed by atoms with van der Waals surface area (Å²) in [4.78, 5) is 14.3. The van der Waals surface area contributed by atoms with Crippen molar-refractivity contribution in [2.45, 2.75) is 32.1 Å². The van der Waals surface area contributed by atoms with Crippen molar-refractivity contribution in [3.8, 4) is 0 Å². The number of aromatic nitrogens is 2. The monoisotopic (exact) mass is 401 g/mol. The molecule has 4 rings (SSSR count). The number of rotatable bonds is 4. The van der Waals surface area contributed by atoms with E-state index < -0.39 is 17.4 Å². The van der Waals surface area contributed by atoms with E-state index in [-0.39, 0.29) is 12.5 Å². The molecule has 0 radical (unpaired) electrons. The van der Waals surface area contributed by atoms with Gasteiger partial charge >= 0.3 is 6.18 Å². The van der Waals surface area contributed by atoms with Gasteiger partial charge in [0.25, 0.3) is 5.56 Å². The molecular formula is C22H22F3N3O. The molecule has 0 spiro atoms. The minimum atomic E-state index is -4.54. The highest BCUT2D eigenvalue weighted by molar-refractivity contribution is 5.82. The average Bonchev–Trinajstić information content (AvgIpc) is 2.70. The van der Waals surface area contributed by atoms with Crippen molar-refractivity contribution < 1.29 is 13.2 Å². The smallest absolute Gasteiger partial charge is 0.299 e. The van der Waals surface area contributed by atoms with Gasteiger partial charge in [-0.25, -0.2) is 4.68 Å². The first kappa shape index (κ1) is 19.6. The number of alkyl halides is 3. The van der Waals surface area contributed by atoms with Crippen LogP contribution in [0.5, 0.6) is 0 Å². The normalized spacial score (nSPS) is 16.4. The fourth-order valence-electron chi connectivity index (χ4n) is 3.90. The van der Waals surface area contributed by atoms with E-state index in [0.717, 1.165) is 49.3 Å². The molecule has 1 saturated heterocycles. The lowest BCUT2D eigenvalue weighted by Crippen LogP contribution is -2.36. The summed E-state index contributed by atoms with van der Waals surface area (Å²) >= 11 is 0. The summed E-state index contributed by atoms with van der Waals surface area (Å²) in [6, 6.07) is 16.4. The Kier molecular flexibility index (Phi) is 5.41.